The fourth-order valence-corrected chi connectivity index (χ4v) is 18.8. The van der Waals surface area contributed by atoms with E-state index in [0.29, 0.717) is 0 Å². The average Bonchev–Trinajstić information content (AvgIpc) is 0.712. The summed E-state index contributed by atoms with van der Waals surface area (Å²) >= 11 is 3.62. The zero-order valence-corrected chi connectivity index (χ0v) is 65.1. The number of hydrogen-bond donors (Lipinski definition) is 0. The van der Waals surface area contributed by atoms with Gasteiger partial charge in [-0.05, 0) is 41.3 Å². The van der Waals surface area contributed by atoms with E-state index in [0.717, 1.165) is 22.8 Å². The summed E-state index contributed by atoms with van der Waals surface area (Å²) in [6.07, 6.45) is -68.5. The van der Waals surface area contributed by atoms with Crippen LogP contribution in [0.25, 0.3) is 33.5 Å². The maximum absolute atomic E-state index is 7.09. The number of benzene rings is 3. The van der Waals surface area contributed by atoms with Crippen LogP contribution in [0.5, 0.6) is 0 Å². The van der Waals surface area contributed by atoms with Crippen molar-refractivity contribution in [3.8, 4) is 33.5 Å². The van der Waals surface area contributed by atoms with Gasteiger partial charge in [-0.15, -0.1) is 0 Å². The SMILES string of the molecule is Cc1cc(-c2ccc(-c3ccccc3Br)cc2)ncc1-c1ccccc1.[B][B]B(B([B])[B])B(B(B([B])[B])B([B])[B])B(B(B([B])[B])B([B])[B])B(B(B(B(B([B])[B])B([B])[B])B(B([B])[B])B([B])[B])B(B(B([B])[B])B([B])[B])B(B([B])[B])B([B])[B])B(B(B(B([B])[B])B([B])[B])B(B([B])[B])B([B])[B])B(B(B([B])[B])B([B])[B])B(B([B])[B])B([B])[B]. The van der Waals surface area contributed by atoms with Gasteiger partial charge in [0.25, 0.3) is 0 Å². The number of aromatic nitrogens is 1. The van der Waals surface area contributed by atoms with E-state index in [1.165, 1.54) is 27.8 Å². The number of nitrogens with zero attached hydrogens (tertiary/aromatic N) is 1. The van der Waals surface area contributed by atoms with Crippen molar-refractivity contribution in [3.05, 3.63) is 101 Å². The first kappa shape index (κ1) is 108. The van der Waals surface area contributed by atoms with E-state index >= 15 is 0 Å². The van der Waals surface area contributed by atoms with Gasteiger partial charge in [-0.25, -0.2) is 0 Å². The lowest BCUT2D eigenvalue weighted by Crippen LogP contribution is -3.00. The van der Waals surface area contributed by atoms with Gasteiger partial charge in [-0.1, -0.05) is 88.7 Å². The summed E-state index contributed by atoms with van der Waals surface area (Å²) in [7, 11) is 299. The highest BCUT2D eigenvalue weighted by Gasteiger charge is 2.67. The molecule has 0 aliphatic carbocycles. The van der Waals surface area contributed by atoms with Crippen LogP contribution in [0.2, 0.25) is 0 Å². The summed E-state index contributed by atoms with van der Waals surface area (Å²) < 4.78 is 1.11. The number of rotatable bonds is 44. The van der Waals surface area contributed by atoms with E-state index in [2.05, 4.69) is 95.7 Å². The largest absolute Gasteiger partial charge is 0.256 e. The van der Waals surface area contributed by atoms with Crippen LogP contribution in [-0.2, 0) is 0 Å². The highest BCUT2D eigenvalue weighted by atomic mass is 79.9. The maximum atomic E-state index is 7.09. The third-order valence-corrected chi connectivity index (χ3v) is 23.3. The highest BCUT2D eigenvalue weighted by molar-refractivity contribution is 9.10. The molecule has 0 bridgehead atoms. The van der Waals surface area contributed by atoms with E-state index in [4.69, 9.17) is 338 Å². The molecule has 0 unspecified atom stereocenters. The molecule has 3 aromatic carbocycles. The fourth-order valence-electron chi connectivity index (χ4n) is 18.3. The average molecular weight is 1320 g/mol. The number of pyridine rings is 1. The second-order valence-corrected chi connectivity index (χ2v) is 31.0. The van der Waals surface area contributed by atoms with Crippen molar-refractivity contribution in [3.63, 3.8) is 0 Å². The minimum Gasteiger partial charge on any atom is -0.256 e. The Morgan fingerprint density at radius 3 is 0.667 bits per heavy atom. The Labute approximate surface area is 756 Å². The zero-order chi connectivity index (χ0) is 85.3. The molecule has 0 amide bonds. The lowest BCUT2D eigenvalue weighted by Gasteiger charge is -2.62. The molecular weight excluding hydrogens is 1300 g/mol. The molecule has 1 aromatic heterocycles. The van der Waals surface area contributed by atoms with Gasteiger partial charge in [0.2, 0.25) is 0 Å². The van der Waals surface area contributed by atoms with Gasteiger partial charge in [-0.3, -0.25) is 4.98 Å². The van der Waals surface area contributed by atoms with Gasteiger partial charge in [-0.2, -0.15) is 0 Å². The molecule has 0 atom stereocenters. The molecule has 87 radical (unpaired) electrons. The van der Waals surface area contributed by atoms with Crippen LogP contribution in [0.4, 0.5) is 0 Å². The second kappa shape index (κ2) is 50.7. The predicted molar refractivity (Wildman–Crippen MR) is 602 cm³/mol. The first-order valence-corrected chi connectivity index (χ1v) is 37.4. The Morgan fingerprint density at radius 1 is 0.234 bits per heavy atom. The molecule has 0 saturated heterocycles. The Bertz CT molecular complexity index is 2880. The fraction of sp³-hybridized carbons (Fsp3) is 0.0417. The number of aryl methyl sites for hydroxylation is 1. The molecular formula is C24H18B85BrN. The van der Waals surface area contributed by atoms with Crippen molar-refractivity contribution in [2.75, 3.05) is 0 Å². The van der Waals surface area contributed by atoms with Crippen molar-refractivity contribution in [2.24, 2.45) is 0 Å². The summed E-state index contributed by atoms with van der Waals surface area (Å²) in [5.41, 5.74) is 8.13. The first-order valence-electron chi connectivity index (χ1n) is 36.6. The van der Waals surface area contributed by atoms with Crippen LogP contribution in [0.3, 0.4) is 0 Å². The number of hydrogen-bond acceptors (Lipinski definition) is 1. The molecule has 0 aliphatic rings. The molecule has 381 valence electrons. The Hall–Kier alpha value is 2.81. The molecule has 4 aromatic rings. The van der Waals surface area contributed by atoms with Gasteiger partial charge in [0.1, 0.15) is 0 Å². The van der Waals surface area contributed by atoms with Gasteiger partial charge >= 0.3 is 0 Å². The monoisotopic (exact) mass is 1330 g/mol. The lowest BCUT2D eigenvalue weighted by molar-refractivity contribution is 1.29. The molecule has 0 spiro atoms. The van der Waals surface area contributed by atoms with Crippen LogP contribution in [0.1, 0.15) is 5.56 Å². The number of halogens is 1. The van der Waals surface area contributed by atoms with Crippen molar-refractivity contribution in [1.82, 2.24) is 4.98 Å². The molecule has 0 aliphatic heterocycles. The maximum Gasteiger partial charge on any atom is 0.0705 e. The molecule has 87 heteroatoms. The van der Waals surface area contributed by atoms with Gasteiger partial charge < -0.3 is 0 Å². The van der Waals surface area contributed by atoms with E-state index in [-0.39, 0.29) is 0 Å². The molecule has 4 rings (SSSR count). The molecule has 1 nitrogen and oxygen atoms in total. The Balaban J connectivity index is 0.00000101. The highest BCUT2D eigenvalue weighted by Crippen LogP contribution is 2.33. The molecule has 0 saturated carbocycles. The Morgan fingerprint density at radius 2 is 0.441 bits per heavy atom. The summed E-state index contributed by atoms with van der Waals surface area (Å²) in [5, 5.41) is 0. The topological polar surface area (TPSA) is 12.9 Å². The van der Waals surface area contributed by atoms with Crippen LogP contribution in [-0.4, -0.2) is 607 Å². The third-order valence-electron chi connectivity index (χ3n) is 22.6. The van der Waals surface area contributed by atoms with Crippen LogP contribution in [0, 0.1) is 6.92 Å². The van der Waals surface area contributed by atoms with E-state index in [1.54, 1.807) is 0 Å². The van der Waals surface area contributed by atoms with Gasteiger partial charge in [0.05, 0.1) is 5.69 Å². The lowest BCUT2D eigenvalue weighted by atomic mass is 8.19. The minimum absolute atomic E-state index is 1.00. The van der Waals surface area contributed by atoms with Crippen LogP contribution >= 0.6 is 15.9 Å². The molecule has 0 fully saturated rings. The van der Waals surface area contributed by atoms with E-state index in [1.807, 2.05) is 18.3 Å². The second-order valence-electron chi connectivity index (χ2n) is 30.2. The Kier molecular flexibility index (Phi) is 49.3. The molecule has 111 heavy (non-hydrogen) atoms. The first-order chi connectivity index (χ1) is 51.4. The van der Waals surface area contributed by atoms with Gasteiger partial charge in [0, 0.05) is 623 Å². The zero-order valence-electron chi connectivity index (χ0n) is 63.6. The third kappa shape index (κ3) is 28.9. The molecule has 0 N–H and O–H groups in total. The summed E-state index contributed by atoms with van der Waals surface area (Å²) in [6, 6.07) is 29.4. The standard InChI is InChI=1S/C24H18BrN.B85/c1-17-15-24(26-16-22(17)18-7-3-2-4-8-18)20-13-11-19(12-14-20)21-9-5-6-10-23(21)25;1-44-66(45(2)3)77(67(46(4)5)47(6)7)82(76(64(40)41)65(42)43)85(83(78(68(48(8)9)49(10)11)69(50(12)13)51(14)15)79(70(52(16)17)53(18)19)71(54(20)21)55(22)23)84(80(72(56(24)25)57(26)27)73(58(28)29)59(30)31)81(74(60(32)33)61(34)35)75(62(36)37)63(38)39/h2-16H,1H3;. The van der Waals surface area contributed by atoms with Crippen molar-refractivity contribution >= 4 is 617 Å². The van der Waals surface area contributed by atoms with Crippen molar-refractivity contribution < 1.29 is 0 Å². The molecule has 1 heterocycles. The summed E-state index contributed by atoms with van der Waals surface area (Å²) in [5.74, 6) is 0. The van der Waals surface area contributed by atoms with E-state index < -0.39 is 262 Å². The quantitative estimate of drug-likeness (QED) is 0.0402. The van der Waals surface area contributed by atoms with E-state index in [9.17, 15) is 0 Å². The van der Waals surface area contributed by atoms with Crippen LogP contribution in [0.15, 0.2) is 95.6 Å². The smallest absolute Gasteiger partial charge is 0.0705 e. The summed E-state index contributed by atoms with van der Waals surface area (Å²) in [4.78, 5) is 4.70. The minimum atomic E-state index is -2.01. The van der Waals surface area contributed by atoms with Crippen molar-refractivity contribution in [1.29, 1.82) is 0 Å². The van der Waals surface area contributed by atoms with Crippen LogP contribution < -0.4 is 0 Å². The summed E-state index contributed by atoms with van der Waals surface area (Å²) in [6.45, 7) is 2.14. The van der Waals surface area contributed by atoms with Crippen molar-refractivity contribution in [2.45, 2.75) is 6.92 Å². The van der Waals surface area contributed by atoms with Gasteiger partial charge in [0.15, 0.2) is 0 Å². The predicted octanol–water partition coefficient (Wildman–Crippen LogP) is -25.2. The normalized spacial score (nSPS) is 10.0.